The first-order chi connectivity index (χ1) is 6.68. The zero-order valence-corrected chi connectivity index (χ0v) is 9.60. The lowest BCUT2D eigenvalue weighted by Crippen LogP contribution is -1.93. The van der Waals surface area contributed by atoms with E-state index in [1.807, 2.05) is 0 Å². The molecule has 0 radical (unpaired) electrons. The van der Waals surface area contributed by atoms with Crippen molar-refractivity contribution in [2.75, 3.05) is 0 Å². The Bertz CT molecular complexity index is 434. The number of aromatic nitrogens is 5. The maximum Gasteiger partial charge on any atom is 0.200 e. The van der Waals surface area contributed by atoms with Gasteiger partial charge in [-0.15, -0.1) is 0 Å². The Morgan fingerprint density at radius 3 is 2.36 bits per heavy atom. The molecule has 14 heavy (non-hydrogen) atoms. The molecule has 8 heteroatoms. The number of nitrogens with one attached hydrogen (secondary N) is 1. The van der Waals surface area contributed by atoms with Gasteiger partial charge in [-0.1, -0.05) is 23.2 Å². The standard InChI is InChI=1S/C6H2BrCl2N5/c7-2-3(8)12-6(13-4(2)9)5-10-1-11-14-5/h1H,(H,10,11,14). The Balaban J connectivity index is 2.57. The summed E-state index contributed by atoms with van der Waals surface area (Å²) in [6.07, 6.45) is 1.35. The number of halogens is 3. The van der Waals surface area contributed by atoms with Gasteiger partial charge in [0.05, 0.1) is 4.47 Å². The first kappa shape index (κ1) is 9.82. The summed E-state index contributed by atoms with van der Waals surface area (Å²) in [6.45, 7) is 0. The molecule has 0 saturated carbocycles. The molecule has 0 bridgehead atoms. The van der Waals surface area contributed by atoms with E-state index >= 15 is 0 Å². The van der Waals surface area contributed by atoms with Crippen LogP contribution in [0.5, 0.6) is 0 Å². The van der Waals surface area contributed by atoms with Crippen LogP contribution in [0.15, 0.2) is 10.8 Å². The second-order valence-electron chi connectivity index (χ2n) is 2.28. The van der Waals surface area contributed by atoms with Crippen LogP contribution in [0.25, 0.3) is 11.6 Å². The SMILES string of the molecule is Clc1nc(-c2ncn[nH]2)nc(Cl)c1Br. The molecule has 1 N–H and O–H groups in total. The second kappa shape index (κ2) is 3.80. The smallest absolute Gasteiger partial charge is 0.200 e. The van der Waals surface area contributed by atoms with Crippen molar-refractivity contribution in [3.63, 3.8) is 0 Å². The zero-order chi connectivity index (χ0) is 10.1. The highest BCUT2D eigenvalue weighted by Gasteiger charge is 2.11. The number of nitrogens with zero attached hydrogens (tertiary/aromatic N) is 4. The van der Waals surface area contributed by atoms with Crippen molar-refractivity contribution in [1.29, 1.82) is 0 Å². The third-order valence-corrected chi connectivity index (χ3v) is 3.15. The minimum absolute atomic E-state index is 0.233. The van der Waals surface area contributed by atoms with E-state index < -0.39 is 0 Å². The van der Waals surface area contributed by atoms with Gasteiger partial charge in [0, 0.05) is 0 Å². The molecule has 2 aromatic rings. The molecule has 72 valence electrons. The third kappa shape index (κ3) is 1.73. The van der Waals surface area contributed by atoms with Gasteiger partial charge in [-0.05, 0) is 15.9 Å². The van der Waals surface area contributed by atoms with Gasteiger partial charge in [-0.3, -0.25) is 5.10 Å². The van der Waals surface area contributed by atoms with Crippen LogP contribution in [0.1, 0.15) is 0 Å². The summed E-state index contributed by atoms with van der Waals surface area (Å²) in [7, 11) is 0. The van der Waals surface area contributed by atoms with Gasteiger partial charge >= 0.3 is 0 Å². The average Bonchev–Trinajstić information content (AvgIpc) is 2.66. The van der Waals surface area contributed by atoms with Crippen molar-refractivity contribution in [2.45, 2.75) is 0 Å². The number of hydrogen-bond donors (Lipinski definition) is 1. The molecule has 0 spiro atoms. The summed E-state index contributed by atoms with van der Waals surface area (Å²) in [4.78, 5) is 11.8. The molecule has 2 rings (SSSR count). The fourth-order valence-corrected chi connectivity index (χ4v) is 1.38. The molecule has 0 aliphatic carbocycles. The number of H-pyrrole nitrogens is 1. The van der Waals surface area contributed by atoms with E-state index in [0.29, 0.717) is 16.1 Å². The maximum atomic E-state index is 5.79. The van der Waals surface area contributed by atoms with E-state index in [9.17, 15) is 0 Å². The molecule has 5 nitrogen and oxygen atoms in total. The van der Waals surface area contributed by atoms with Gasteiger partial charge < -0.3 is 0 Å². The molecule has 0 aliphatic heterocycles. The van der Waals surface area contributed by atoms with Crippen LogP contribution in [-0.2, 0) is 0 Å². The average molecular weight is 295 g/mol. The monoisotopic (exact) mass is 293 g/mol. The fourth-order valence-electron chi connectivity index (χ4n) is 0.813. The second-order valence-corrected chi connectivity index (χ2v) is 3.79. The van der Waals surface area contributed by atoms with Crippen molar-refractivity contribution < 1.29 is 0 Å². The summed E-state index contributed by atoms with van der Waals surface area (Å²) in [5.74, 6) is 0.724. The lowest BCUT2D eigenvalue weighted by atomic mass is 10.5. The van der Waals surface area contributed by atoms with Gasteiger partial charge in [-0.25, -0.2) is 15.0 Å². The molecule has 0 aliphatic rings. The summed E-state index contributed by atoms with van der Waals surface area (Å²) < 4.78 is 0.462. The van der Waals surface area contributed by atoms with Gasteiger partial charge in [0.1, 0.15) is 16.6 Å². The zero-order valence-electron chi connectivity index (χ0n) is 6.50. The predicted octanol–water partition coefficient (Wildman–Crippen LogP) is 2.33. The van der Waals surface area contributed by atoms with Gasteiger partial charge in [0.15, 0.2) is 11.6 Å². The number of aromatic amines is 1. The molecular weight excluding hydrogens is 293 g/mol. The quantitative estimate of drug-likeness (QED) is 0.820. The summed E-state index contributed by atoms with van der Waals surface area (Å²) in [5.41, 5.74) is 0. The molecule has 0 atom stereocenters. The minimum atomic E-state index is 0.233. The highest BCUT2D eigenvalue weighted by atomic mass is 79.9. The van der Waals surface area contributed by atoms with Crippen LogP contribution in [0.4, 0.5) is 0 Å². The normalized spacial score (nSPS) is 10.5. The topological polar surface area (TPSA) is 67.3 Å². The van der Waals surface area contributed by atoms with Crippen LogP contribution in [0, 0.1) is 0 Å². The number of rotatable bonds is 1. The summed E-state index contributed by atoms with van der Waals surface area (Å²) >= 11 is 14.7. The molecule has 0 amide bonds. The molecule has 2 aromatic heterocycles. The van der Waals surface area contributed by atoms with Crippen molar-refractivity contribution in [2.24, 2.45) is 0 Å². The number of hydrogen-bond acceptors (Lipinski definition) is 4. The van der Waals surface area contributed by atoms with Crippen LogP contribution in [-0.4, -0.2) is 25.1 Å². The Hall–Kier alpha value is -0.720. The van der Waals surface area contributed by atoms with Gasteiger partial charge in [0.2, 0.25) is 0 Å². The first-order valence-electron chi connectivity index (χ1n) is 3.42. The van der Waals surface area contributed by atoms with Crippen molar-refractivity contribution in [3.8, 4) is 11.6 Å². The third-order valence-electron chi connectivity index (χ3n) is 1.40. The summed E-state index contributed by atoms with van der Waals surface area (Å²) in [5, 5.41) is 6.74. The van der Waals surface area contributed by atoms with Crippen LogP contribution in [0.3, 0.4) is 0 Å². The highest BCUT2D eigenvalue weighted by molar-refractivity contribution is 9.10. The highest BCUT2D eigenvalue weighted by Crippen LogP contribution is 2.28. The van der Waals surface area contributed by atoms with E-state index in [1.165, 1.54) is 6.33 Å². The van der Waals surface area contributed by atoms with Crippen molar-refractivity contribution in [3.05, 3.63) is 21.1 Å². The predicted molar refractivity (Wildman–Crippen MR) is 55.1 cm³/mol. The van der Waals surface area contributed by atoms with Gasteiger partial charge in [-0.2, -0.15) is 5.10 Å². The molecule has 2 heterocycles. The van der Waals surface area contributed by atoms with Gasteiger partial charge in [0.25, 0.3) is 0 Å². The Morgan fingerprint density at radius 1 is 1.21 bits per heavy atom. The van der Waals surface area contributed by atoms with E-state index in [0.717, 1.165) is 0 Å². The van der Waals surface area contributed by atoms with Crippen molar-refractivity contribution >= 4 is 39.1 Å². The van der Waals surface area contributed by atoms with E-state index in [-0.39, 0.29) is 10.3 Å². The Kier molecular flexibility index (Phi) is 2.66. The van der Waals surface area contributed by atoms with Crippen LogP contribution >= 0.6 is 39.1 Å². The lowest BCUT2D eigenvalue weighted by Gasteiger charge is -1.99. The van der Waals surface area contributed by atoms with E-state index in [1.54, 1.807) is 0 Å². The molecule has 0 unspecified atom stereocenters. The Labute approximate surface area is 97.0 Å². The minimum Gasteiger partial charge on any atom is -0.257 e. The summed E-state index contributed by atoms with van der Waals surface area (Å²) in [6, 6.07) is 0. The molecule has 0 aromatic carbocycles. The molecular formula is C6H2BrCl2N5. The van der Waals surface area contributed by atoms with Crippen molar-refractivity contribution in [1.82, 2.24) is 25.1 Å². The Morgan fingerprint density at radius 2 is 1.86 bits per heavy atom. The van der Waals surface area contributed by atoms with E-state index in [4.69, 9.17) is 23.2 Å². The maximum absolute atomic E-state index is 5.79. The van der Waals surface area contributed by atoms with Crippen LogP contribution in [0.2, 0.25) is 10.3 Å². The van der Waals surface area contributed by atoms with Crippen LogP contribution < -0.4 is 0 Å². The largest absolute Gasteiger partial charge is 0.257 e. The fraction of sp³-hybridized carbons (Fsp3) is 0. The molecule has 0 fully saturated rings. The lowest BCUT2D eigenvalue weighted by molar-refractivity contribution is 1.06. The van der Waals surface area contributed by atoms with E-state index in [2.05, 4.69) is 41.1 Å². The molecule has 0 saturated heterocycles. The first-order valence-corrected chi connectivity index (χ1v) is 4.97.